The molecule has 0 saturated carbocycles. The van der Waals surface area contributed by atoms with E-state index in [1.807, 2.05) is 27.7 Å². The number of fused-ring (bicyclic) bond motifs is 5. The van der Waals surface area contributed by atoms with E-state index in [0.29, 0.717) is 6.04 Å². The van der Waals surface area contributed by atoms with Crippen molar-refractivity contribution in [3.05, 3.63) is 77.4 Å². The highest BCUT2D eigenvalue weighted by atomic mass is 15.5. The van der Waals surface area contributed by atoms with Crippen LogP contribution in [0.15, 0.2) is 66.2 Å². The molecule has 34 heavy (non-hydrogen) atoms. The number of pyridine rings is 1. The van der Waals surface area contributed by atoms with Crippen LogP contribution >= 0.6 is 0 Å². The van der Waals surface area contributed by atoms with Crippen LogP contribution in [0.25, 0.3) is 16.8 Å². The lowest BCUT2D eigenvalue weighted by molar-refractivity contribution is 0.608. The Kier molecular flexibility index (Phi) is 8.19. The zero-order valence-electron chi connectivity index (χ0n) is 22.5. The van der Waals surface area contributed by atoms with E-state index in [1.165, 1.54) is 39.2 Å². The third-order valence-electron chi connectivity index (χ3n) is 6.59. The van der Waals surface area contributed by atoms with Crippen molar-refractivity contribution in [3.8, 4) is 11.3 Å². The topological polar surface area (TPSA) is 19.4 Å². The molecular formula is C31H41N3. The predicted molar refractivity (Wildman–Crippen MR) is 150 cm³/mol. The molecule has 0 spiro atoms. The third-order valence-corrected chi connectivity index (χ3v) is 6.59. The Morgan fingerprint density at radius 2 is 1.41 bits per heavy atom. The van der Waals surface area contributed by atoms with Crippen molar-refractivity contribution in [2.75, 3.05) is 9.80 Å². The van der Waals surface area contributed by atoms with Gasteiger partial charge in [0.25, 0.3) is 0 Å². The summed E-state index contributed by atoms with van der Waals surface area (Å²) in [6.07, 6.45) is 1.22. The van der Waals surface area contributed by atoms with Crippen LogP contribution in [0.3, 0.4) is 0 Å². The summed E-state index contributed by atoms with van der Waals surface area (Å²) in [5.41, 5.74) is 10.2. The van der Waals surface area contributed by atoms with Crippen LogP contribution in [0.1, 0.15) is 72.9 Å². The number of hydrogen-bond acceptors (Lipinski definition) is 3. The van der Waals surface area contributed by atoms with E-state index < -0.39 is 0 Å². The fourth-order valence-electron chi connectivity index (χ4n) is 5.15. The molecule has 2 aliphatic rings. The van der Waals surface area contributed by atoms with Crippen molar-refractivity contribution in [1.29, 1.82) is 0 Å². The highest BCUT2D eigenvalue weighted by Crippen LogP contribution is 2.52. The van der Waals surface area contributed by atoms with Gasteiger partial charge >= 0.3 is 0 Å². The molecule has 180 valence electrons. The first-order chi connectivity index (χ1) is 16.5. The van der Waals surface area contributed by atoms with Crippen LogP contribution in [-0.4, -0.2) is 17.2 Å². The van der Waals surface area contributed by atoms with Gasteiger partial charge in [-0.05, 0) is 69.0 Å². The summed E-state index contributed by atoms with van der Waals surface area (Å²) >= 11 is 0. The predicted octanol–water partition coefficient (Wildman–Crippen LogP) is 9.00. The summed E-state index contributed by atoms with van der Waals surface area (Å²) in [5, 5.41) is 0. The second-order valence-corrected chi connectivity index (χ2v) is 8.62. The minimum absolute atomic E-state index is 0.194. The summed E-state index contributed by atoms with van der Waals surface area (Å²) in [6, 6.07) is 22.1. The average Bonchev–Trinajstić information content (AvgIpc) is 3.22. The average molecular weight is 456 g/mol. The highest BCUT2D eigenvalue weighted by Gasteiger charge is 2.44. The Labute approximate surface area is 207 Å². The van der Waals surface area contributed by atoms with E-state index in [-0.39, 0.29) is 6.17 Å². The molecule has 1 aromatic heterocycles. The van der Waals surface area contributed by atoms with E-state index in [4.69, 9.17) is 4.98 Å². The van der Waals surface area contributed by atoms with Crippen LogP contribution in [0.5, 0.6) is 0 Å². The number of aromatic nitrogens is 1. The number of aryl methyl sites for hydroxylation is 1. The number of benzene rings is 2. The van der Waals surface area contributed by atoms with E-state index in [9.17, 15) is 0 Å². The minimum atomic E-state index is 0.194. The van der Waals surface area contributed by atoms with Crippen molar-refractivity contribution in [2.24, 2.45) is 0 Å². The summed E-state index contributed by atoms with van der Waals surface area (Å²) in [4.78, 5) is 10.3. The Morgan fingerprint density at radius 3 is 2.03 bits per heavy atom. The molecular weight excluding hydrogens is 414 g/mol. The molecule has 3 heteroatoms. The van der Waals surface area contributed by atoms with Gasteiger partial charge in [-0.3, -0.25) is 4.90 Å². The van der Waals surface area contributed by atoms with Crippen molar-refractivity contribution >= 4 is 22.8 Å². The zero-order chi connectivity index (χ0) is 25.0. The maximum atomic E-state index is 5.26. The Morgan fingerprint density at radius 1 is 0.794 bits per heavy atom. The van der Waals surface area contributed by atoms with Crippen molar-refractivity contribution in [3.63, 3.8) is 0 Å². The van der Waals surface area contributed by atoms with Crippen LogP contribution < -0.4 is 9.80 Å². The van der Waals surface area contributed by atoms with Gasteiger partial charge in [0, 0.05) is 17.2 Å². The first kappa shape index (κ1) is 25.6. The molecule has 0 N–H and O–H groups in total. The minimum Gasteiger partial charge on any atom is -0.342 e. The summed E-state index contributed by atoms with van der Waals surface area (Å²) in [7, 11) is 0. The third kappa shape index (κ3) is 4.13. The van der Waals surface area contributed by atoms with Crippen LogP contribution in [0.4, 0.5) is 17.2 Å². The second-order valence-electron chi connectivity index (χ2n) is 8.62. The number of para-hydroxylation sites is 1. The molecule has 0 fully saturated rings. The van der Waals surface area contributed by atoms with Crippen LogP contribution in [-0.2, 0) is 0 Å². The summed E-state index contributed by atoms with van der Waals surface area (Å²) in [5.74, 6) is 1.07. The van der Waals surface area contributed by atoms with Gasteiger partial charge in [0.15, 0.2) is 5.82 Å². The van der Waals surface area contributed by atoms with Gasteiger partial charge in [0.1, 0.15) is 6.17 Å². The lowest BCUT2D eigenvalue weighted by atomic mass is 9.90. The maximum Gasteiger partial charge on any atom is 0.159 e. The first-order valence-electron chi connectivity index (χ1n) is 13.0. The fourth-order valence-corrected chi connectivity index (χ4v) is 5.15. The molecule has 0 radical (unpaired) electrons. The first-order valence-corrected chi connectivity index (χ1v) is 13.0. The van der Waals surface area contributed by atoms with Gasteiger partial charge in [-0.2, -0.15) is 0 Å². The van der Waals surface area contributed by atoms with Gasteiger partial charge in [-0.25, -0.2) is 4.98 Å². The molecule has 1 unspecified atom stereocenters. The quantitative estimate of drug-likeness (QED) is 0.393. The molecule has 5 rings (SSSR count). The smallest absolute Gasteiger partial charge is 0.159 e. The van der Waals surface area contributed by atoms with Gasteiger partial charge in [0.05, 0.1) is 17.1 Å². The normalized spacial score (nSPS) is 15.6. The number of rotatable bonds is 3. The lowest BCUT2D eigenvalue weighted by Crippen LogP contribution is -2.47. The molecule has 1 atom stereocenters. The largest absolute Gasteiger partial charge is 0.342 e. The monoisotopic (exact) mass is 455 g/mol. The standard InChI is InChI=1S/C27H29N3.2C2H6/c1-6-20-19(5)22-13-9-10-14-24(22)30-26-25(29(17(2)3)27(20)30)16-15-23(28-26)21-12-8-7-11-18(21)4;2*1-2/h7-17,27H,6H2,1-5H3;2*1-2H3. The van der Waals surface area contributed by atoms with Crippen LogP contribution in [0, 0.1) is 6.92 Å². The summed E-state index contributed by atoms with van der Waals surface area (Å²) in [6.45, 7) is 19.3. The van der Waals surface area contributed by atoms with E-state index >= 15 is 0 Å². The van der Waals surface area contributed by atoms with E-state index in [1.54, 1.807) is 0 Å². The van der Waals surface area contributed by atoms with E-state index in [0.717, 1.165) is 17.9 Å². The molecule has 0 bridgehead atoms. The Bertz CT molecular complexity index is 1160. The SMILES string of the molecule is CC.CC.CCC1=C(C)c2ccccc2N2c3nc(-c4ccccc4C)ccc3N(C(C)C)C12. The van der Waals surface area contributed by atoms with Crippen molar-refractivity contribution < 1.29 is 0 Å². The highest BCUT2D eigenvalue weighted by molar-refractivity contribution is 5.93. The van der Waals surface area contributed by atoms with Gasteiger partial charge in [-0.1, -0.05) is 77.1 Å². The van der Waals surface area contributed by atoms with Crippen LogP contribution in [0.2, 0.25) is 0 Å². The number of nitrogens with zero attached hydrogens (tertiary/aromatic N) is 3. The lowest BCUT2D eigenvalue weighted by Gasteiger charge is -2.41. The fraction of sp³-hybridized carbons (Fsp3) is 0.387. The van der Waals surface area contributed by atoms with Gasteiger partial charge < -0.3 is 4.90 Å². The molecule has 3 heterocycles. The molecule has 3 nitrogen and oxygen atoms in total. The van der Waals surface area contributed by atoms with E-state index in [2.05, 4.69) is 105 Å². The van der Waals surface area contributed by atoms with Gasteiger partial charge in [0.2, 0.25) is 0 Å². The molecule has 2 aliphatic heterocycles. The van der Waals surface area contributed by atoms with Gasteiger partial charge in [-0.15, -0.1) is 0 Å². The molecule has 2 aromatic carbocycles. The number of hydrogen-bond donors (Lipinski definition) is 0. The summed E-state index contributed by atoms with van der Waals surface area (Å²) < 4.78 is 0. The zero-order valence-corrected chi connectivity index (χ0v) is 22.5. The Balaban J connectivity index is 0.000000771. The maximum absolute atomic E-state index is 5.26. The van der Waals surface area contributed by atoms with Crippen molar-refractivity contribution in [2.45, 2.75) is 80.9 Å². The second kappa shape index (κ2) is 10.9. The number of anilines is 3. The molecule has 0 aliphatic carbocycles. The number of allylic oxidation sites excluding steroid dienone is 1. The Hall–Kier alpha value is -3.07. The molecule has 0 saturated heterocycles. The van der Waals surface area contributed by atoms with Crippen molar-refractivity contribution in [1.82, 2.24) is 4.98 Å². The molecule has 3 aromatic rings. The molecule has 0 amide bonds.